The molecule has 75 heavy (non-hydrogen) atoms. The summed E-state index contributed by atoms with van der Waals surface area (Å²) in [6.45, 7) is 4.94. The van der Waals surface area contributed by atoms with E-state index in [0.29, 0.717) is 25.9 Å². The minimum atomic E-state index is -0.666. The highest BCUT2D eigenvalue weighted by Crippen LogP contribution is 2.19. The zero-order chi connectivity index (χ0) is 54.3. The summed E-state index contributed by atoms with van der Waals surface area (Å²) in [4.78, 5) is 24.6. The summed E-state index contributed by atoms with van der Waals surface area (Å²) in [5.41, 5.74) is 0. The van der Waals surface area contributed by atoms with Crippen LogP contribution in [0.25, 0.3) is 0 Å². The Kier molecular flexibility index (Phi) is 63.4. The number of hydrogen-bond acceptors (Lipinski definition) is 5. The lowest BCUT2D eigenvalue weighted by molar-refractivity contribution is -0.143. The standard InChI is InChI=1S/C69H133NO5/c1-3-5-7-9-11-13-15-17-19-20-21-22-23-25-28-31-34-37-41-45-49-53-57-61-67(72)66(65-71)70-68(73)62-58-54-50-46-42-38-35-32-29-26-24-27-30-33-36-40-44-48-52-56-60-64-75-69(74)63-59-55-51-47-43-39-18-16-14-12-10-8-6-4-2/h10,12,16,18,66-67,71-72H,3-9,11,13-15,17,19-65H2,1-2H3,(H,70,73)/b12-10-,18-16-. The fraction of sp³-hybridized carbons (Fsp3) is 0.913. The molecule has 6 nitrogen and oxygen atoms in total. The van der Waals surface area contributed by atoms with Crippen molar-refractivity contribution in [3.05, 3.63) is 24.3 Å². The van der Waals surface area contributed by atoms with Crippen LogP contribution in [-0.2, 0) is 14.3 Å². The number of carbonyl (C=O) groups excluding carboxylic acids is 2. The van der Waals surface area contributed by atoms with Crippen molar-refractivity contribution in [2.75, 3.05) is 13.2 Å². The van der Waals surface area contributed by atoms with Gasteiger partial charge in [-0.25, -0.2) is 0 Å². The van der Waals surface area contributed by atoms with E-state index >= 15 is 0 Å². The summed E-state index contributed by atoms with van der Waals surface area (Å²) >= 11 is 0. The summed E-state index contributed by atoms with van der Waals surface area (Å²) < 4.78 is 5.48. The Labute approximate surface area is 469 Å². The van der Waals surface area contributed by atoms with Crippen molar-refractivity contribution in [1.29, 1.82) is 0 Å². The largest absolute Gasteiger partial charge is 0.466 e. The van der Waals surface area contributed by atoms with E-state index < -0.39 is 12.1 Å². The van der Waals surface area contributed by atoms with E-state index in [9.17, 15) is 19.8 Å². The lowest BCUT2D eigenvalue weighted by Gasteiger charge is -2.22. The third kappa shape index (κ3) is 61.4. The van der Waals surface area contributed by atoms with Gasteiger partial charge in [0.05, 0.1) is 25.4 Å². The molecule has 0 saturated carbocycles. The molecule has 0 saturated heterocycles. The van der Waals surface area contributed by atoms with Crippen molar-refractivity contribution >= 4 is 11.9 Å². The van der Waals surface area contributed by atoms with Crippen LogP contribution in [-0.4, -0.2) is 47.4 Å². The van der Waals surface area contributed by atoms with Crippen LogP contribution in [0.3, 0.4) is 0 Å². The predicted octanol–water partition coefficient (Wildman–Crippen LogP) is 21.8. The molecule has 6 heteroatoms. The van der Waals surface area contributed by atoms with Crippen molar-refractivity contribution < 1.29 is 24.5 Å². The number of esters is 1. The van der Waals surface area contributed by atoms with E-state index in [0.717, 1.165) is 51.4 Å². The van der Waals surface area contributed by atoms with E-state index in [1.807, 2.05) is 0 Å². The van der Waals surface area contributed by atoms with Crippen LogP contribution in [0.5, 0.6) is 0 Å². The highest BCUT2D eigenvalue weighted by Gasteiger charge is 2.20. The van der Waals surface area contributed by atoms with Crippen molar-refractivity contribution in [2.45, 2.75) is 392 Å². The molecular weight excluding hydrogens is 923 g/mol. The van der Waals surface area contributed by atoms with Gasteiger partial charge < -0.3 is 20.3 Å². The zero-order valence-corrected chi connectivity index (χ0v) is 50.8. The van der Waals surface area contributed by atoms with Gasteiger partial charge >= 0.3 is 5.97 Å². The Balaban J connectivity index is 3.39. The summed E-state index contributed by atoms with van der Waals surface area (Å²) in [6.07, 6.45) is 80.6. The number of unbranched alkanes of at least 4 members (excludes halogenated alkanes) is 49. The van der Waals surface area contributed by atoms with Gasteiger partial charge in [-0.05, 0) is 51.4 Å². The molecule has 3 N–H and O–H groups in total. The second kappa shape index (κ2) is 64.9. The molecule has 0 bridgehead atoms. The number of allylic oxidation sites excluding steroid dienone is 4. The zero-order valence-electron chi connectivity index (χ0n) is 50.8. The lowest BCUT2D eigenvalue weighted by atomic mass is 10.0. The molecule has 0 radical (unpaired) electrons. The number of ether oxygens (including phenoxy) is 1. The fourth-order valence-corrected chi connectivity index (χ4v) is 10.8. The number of aliphatic hydroxyl groups excluding tert-OH is 2. The number of rotatable bonds is 64. The van der Waals surface area contributed by atoms with E-state index in [2.05, 4.69) is 43.5 Å². The van der Waals surface area contributed by atoms with Gasteiger partial charge in [0.2, 0.25) is 5.91 Å². The third-order valence-corrected chi connectivity index (χ3v) is 16.0. The molecule has 2 unspecified atom stereocenters. The first-order valence-electron chi connectivity index (χ1n) is 34.1. The first-order valence-corrected chi connectivity index (χ1v) is 34.1. The average Bonchev–Trinajstić information content (AvgIpc) is 3.41. The van der Waals surface area contributed by atoms with Gasteiger partial charge in [-0.15, -0.1) is 0 Å². The molecule has 0 spiro atoms. The Hall–Kier alpha value is -1.66. The highest BCUT2D eigenvalue weighted by atomic mass is 16.5. The fourth-order valence-electron chi connectivity index (χ4n) is 10.8. The highest BCUT2D eigenvalue weighted by molar-refractivity contribution is 5.76. The van der Waals surface area contributed by atoms with E-state index in [-0.39, 0.29) is 18.5 Å². The summed E-state index contributed by atoms with van der Waals surface area (Å²) in [7, 11) is 0. The maximum atomic E-state index is 12.5. The average molecular weight is 1060 g/mol. The van der Waals surface area contributed by atoms with Crippen LogP contribution in [0.4, 0.5) is 0 Å². The van der Waals surface area contributed by atoms with Crippen molar-refractivity contribution in [3.63, 3.8) is 0 Å². The minimum Gasteiger partial charge on any atom is -0.466 e. The van der Waals surface area contributed by atoms with Crippen LogP contribution >= 0.6 is 0 Å². The molecule has 1 amide bonds. The monoisotopic (exact) mass is 1060 g/mol. The Morgan fingerprint density at radius 2 is 0.680 bits per heavy atom. The molecule has 0 aromatic heterocycles. The molecule has 0 heterocycles. The van der Waals surface area contributed by atoms with Gasteiger partial charge in [0.1, 0.15) is 0 Å². The molecule has 0 aromatic rings. The summed E-state index contributed by atoms with van der Waals surface area (Å²) in [5.74, 6) is -0.0335. The topological polar surface area (TPSA) is 95.9 Å². The Bertz CT molecular complexity index is 1170. The molecule has 0 aliphatic carbocycles. The van der Waals surface area contributed by atoms with Crippen LogP contribution in [0, 0.1) is 0 Å². The number of aliphatic hydroxyl groups is 2. The van der Waals surface area contributed by atoms with E-state index in [1.54, 1.807) is 0 Å². The molecule has 0 aliphatic rings. The second-order valence-corrected chi connectivity index (χ2v) is 23.5. The second-order valence-electron chi connectivity index (χ2n) is 23.5. The van der Waals surface area contributed by atoms with Crippen LogP contribution < -0.4 is 5.32 Å². The Morgan fingerprint density at radius 3 is 1.05 bits per heavy atom. The number of hydrogen-bond donors (Lipinski definition) is 3. The summed E-state index contributed by atoms with van der Waals surface area (Å²) in [6, 6.07) is -0.544. The van der Waals surface area contributed by atoms with Gasteiger partial charge in [-0.2, -0.15) is 0 Å². The maximum Gasteiger partial charge on any atom is 0.305 e. The predicted molar refractivity (Wildman–Crippen MR) is 329 cm³/mol. The SMILES string of the molecule is CCCC/C=C\C/C=C\CCCCCCCC(=O)OCCCCCCCCCCCCCCCCCCCCCCCC(=O)NC(CO)C(O)CCCCCCCCCCCCCCCCCCCCCCCCC. The quantitative estimate of drug-likeness (QED) is 0.0320. The van der Waals surface area contributed by atoms with Crippen LogP contribution in [0.1, 0.15) is 380 Å². The number of amides is 1. The van der Waals surface area contributed by atoms with E-state index in [1.165, 1.54) is 295 Å². The molecule has 0 rings (SSSR count). The van der Waals surface area contributed by atoms with Crippen LogP contribution in [0.2, 0.25) is 0 Å². The first-order chi connectivity index (χ1) is 37.0. The minimum absolute atomic E-state index is 0.00173. The molecule has 0 aliphatic heterocycles. The normalized spacial score (nSPS) is 12.6. The molecule has 2 atom stereocenters. The van der Waals surface area contributed by atoms with Gasteiger partial charge in [-0.3, -0.25) is 9.59 Å². The van der Waals surface area contributed by atoms with Gasteiger partial charge in [0, 0.05) is 12.8 Å². The third-order valence-electron chi connectivity index (χ3n) is 16.0. The first kappa shape index (κ1) is 73.3. The maximum absolute atomic E-state index is 12.5. The Morgan fingerprint density at radius 1 is 0.373 bits per heavy atom. The van der Waals surface area contributed by atoms with Gasteiger partial charge in [0.25, 0.3) is 0 Å². The van der Waals surface area contributed by atoms with Crippen molar-refractivity contribution in [1.82, 2.24) is 5.32 Å². The van der Waals surface area contributed by atoms with Gasteiger partial charge in [-0.1, -0.05) is 340 Å². The van der Waals surface area contributed by atoms with Gasteiger partial charge in [0.15, 0.2) is 0 Å². The lowest BCUT2D eigenvalue weighted by Crippen LogP contribution is -2.45. The number of nitrogens with one attached hydrogen (secondary N) is 1. The van der Waals surface area contributed by atoms with Crippen molar-refractivity contribution in [3.8, 4) is 0 Å². The smallest absolute Gasteiger partial charge is 0.305 e. The summed E-state index contributed by atoms with van der Waals surface area (Å²) in [5, 5.41) is 23.4. The molecular formula is C69H133NO5. The molecule has 444 valence electrons. The number of carbonyl (C=O) groups is 2. The molecule has 0 fully saturated rings. The van der Waals surface area contributed by atoms with Crippen molar-refractivity contribution in [2.24, 2.45) is 0 Å². The van der Waals surface area contributed by atoms with E-state index in [4.69, 9.17) is 4.74 Å². The molecule has 0 aromatic carbocycles. The van der Waals surface area contributed by atoms with Crippen LogP contribution in [0.15, 0.2) is 24.3 Å².